The zero-order chi connectivity index (χ0) is 11.0. The third-order valence-corrected chi connectivity index (χ3v) is 2.90. The summed E-state index contributed by atoms with van der Waals surface area (Å²) in [6.07, 6.45) is 2.61. The van der Waals surface area contributed by atoms with Crippen molar-refractivity contribution in [2.75, 3.05) is 0 Å². The summed E-state index contributed by atoms with van der Waals surface area (Å²) in [6, 6.07) is -0.00986. The molecule has 1 aliphatic rings. The molecular formula is C9H14N4OS. The van der Waals surface area contributed by atoms with Crippen LogP contribution in [0.2, 0.25) is 0 Å². The van der Waals surface area contributed by atoms with Crippen LogP contribution in [0.4, 0.5) is 0 Å². The summed E-state index contributed by atoms with van der Waals surface area (Å²) in [5.74, 6) is 1.16. The van der Waals surface area contributed by atoms with Crippen molar-refractivity contribution in [1.29, 1.82) is 0 Å². The lowest BCUT2D eigenvalue weighted by atomic mass is 10.2. The van der Waals surface area contributed by atoms with Crippen molar-refractivity contribution in [1.82, 2.24) is 14.8 Å². The molecule has 1 fully saturated rings. The maximum atomic E-state index is 10.9. The van der Waals surface area contributed by atoms with Crippen molar-refractivity contribution in [2.24, 2.45) is 5.73 Å². The highest BCUT2D eigenvalue weighted by molar-refractivity contribution is 7.71. The molecule has 1 heterocycles. The SMILES string of the molecule is CC(CC(N)=O)n1c(C2CC2)n[nH]c1=S. The Hall–Kier alpha value is -1.17. The maximum Gasteiger partial charge on any atom is 0.219 e. The molecule has 0 spiro atoms. The molecule has 5 nitrogen and oxygen atoms in total. The molecule has 3 N–H and O–H groups in total. The molecule has 0 saturated heterocycles. The van der Waals surface area contributed by atoms with Gasteiger partial charge >= 0.3 is 0 Å². The molecule has 0 radical (unpaired) electrons. The summed E-state index contributed by atoms with van der Waals surface area (Å²) in [4.78, 5) is 10.9. The summed E-state index contributed by atoms with van der Waals surface area (Å²) >= 11 is 5.14. The van der Waals surface area contributed by atoms with Gasteiger partial charge in [0.1, 0.15) is 5.82 Å². The molecule has 1 atom stereocenters. The lowest BCUT2D eigenvalue weighted by molar-refractivity contribution is -0.118. The van der Waals surface area contributed by atoms with E-state index in [0.29, 0.717) is 17.1 Å². The third-order valence-electron chi connectivity index (χ3n) is 2.61. The Kier molecular flexibility index (Phi) is 2.60. The zero-order valence-electron chi connectivity index (χ0n) is 8.56. The van der Waals surface area contributed by atoms with E-state index < -0.39 is 0 Å². The summed E-state index contributed by atoms with van der Waals surface area (Å²) in [6.45, 7) is 1.93. The van der Waals surface area contributed by atoms with E-state index in [-0.39, 0.29) is 11.9 Å². The first kappa shape index (κ1) is 10.4. The lowest BCUT2D eigenvalue weighted by Gasteiger charge is -2.13. The van der Waals surface area contributed by atoms with Crippen molar-refractivity contribution >= 4 is 18.1 Å². The van der Waals surface area contributed by atoms with Gasteiger partial charge in [-0.2, -0.15) is 5.10 Å². The van der Waals surface area contributed by atoms with Gasteiger partial charge in [-0.25, -0.2) is 0 Å². The minimum Gasteiger partial charge on any atom is -0.370 e. The molecule has 1 amide bonds. The van der Waals surface area contributed by atoms with E-state index in [1.54, 1.807) is 0 Å². The Morgan fingerprint density at radius 2 is 2.47 bits per heavy atom. The fraction of sp³-hybridized carbons (Fsp3) is 0.667. The number of H-pyrrole nitrogens is 1. The predicted molar refractivity (Wildman–Crippen MR) is 57.9 cm³/mol. The van der Waals surface area contributed by atoms with Crippen LogP contribution in [0, 0.1) is 4.77 Å². The van der Waals surface area contributed by atoms with E-state index in [0.717, 1.165) is 18.7 Å². The molecule has 0 aliphatic heterocycles. The highest BCUT2D eigenvalue weighted by atomic mass is 32.1. The Bertz CT molecular complexity index is 432. The van der Waals surface area contributed by atoms with Crippen LogP contribution in [0.3, 0.4) is 0 Å². The van der Waals surface area contributed by atoms with Crippen molar-refractivity contribution in [3.63, 3.8) is 0 Å². The van der Waals surface area contributed by atoms with Crippen molar-refractivity contribution in [3.8, 4) is 0 Å². The topological polar surface area (TPSA) is 76.7 Å². The number of hydrogen-bond acceptors (Lipinski definition) is 3. The van der Waals surface area contributed by atoms with Gasteiger partial charge in [0, 0.05) is 18.4 Å². The summed E-state index contributed by atoms with van der Waals surface area (Å²) in [7, 11) is 0. The quantitative estimate of drug-likeness (QED) is 0.759. The van der Waals surface area contributed by atoms with Gasteiger partial charge in [0.05, 0.1) is 0 Å². The van der Waals surface area contributed by atoms with E-state index in [1.807, 2.05) is 11.5 Å². The van der Waals surface area contributed by atoms with Gasteiger partial charge in [-0.05, 0) is 32.0 Å². The van der Waals surface area contributed by atoms with Crippen molar-refractivity contribution in [2.45, 2.75) is 38.1 Å². The Morgan fingerprint density at radius 1 is 1.80 bits per heavy atom. The molecule has 1 aliphatic carbocycles. The van der Waals surface area contributed by atoms with E-state index in [4.69, 9.17) is 18.0 Å². The van der Waals surface area contributed by atoms with Crippen LogP contribution in [-0.2, 0) is 4.79 Å². The number of aromatic nitrogens is 3. The van der Waals surface area contributed by atoms with Gasteiger partial charge in [-0.3, -0.25) is 9.89 Å². The summed E-state index contributed by atoms with van der Waals surface area (Å²) in [5, 5.41) is 6.98. The predicted octanol–water partition coefficient (Wildman–Crippen LogP) is 1.25. The van der Waals surface area contributed by atoms with Gasteiger partial charge in [-0.15, -0.1) is 0 Å². The number of hydrogen-bond donors (Lipinski definition) is 2. The van der Waals surface area contributed by atoms with Crippen molar-refractivity contribution in [3.05, 3.63) is 10.6 Å². The number of nitrogens with zero attached hydrogens (tertiary/aromatic N) is 2. The average molecular weight is 226 g/mol. The molecule has 1 saturated carbocycles. The van der Waals surface area contributed by atoms with Crippen molar-refractivity contribution < 1.29 is 4.79 Å². The second kappa shape index (κ2) is 3.77. The molecule has 6 heteroatoms. The van der Waals surface area contributed by atoms with E-state index in [1.165, 1.54) is 0 Å². The van der Waals surface area contributed by atoms with E-state index >= 15 is 0 Å². The fourth-order valence-corrected chi connectivity index (χ4v) is 2.07. The largest absolute Gasteiger partial charge is 0.370 e. The molecule has 1 aromatic heterocycles. The standard InChI is InChI=1S/C9H14N4OS/c1-5(4-7(10)14)13-8(6-2-3-6)11-12-9(13)15/h5-6H,2-4H2,1H3,(H2,10,14)(H,12,15). The minimum absolute atomic E-state index is 0.00986. The van der Waals surface area contributed by atoms with Gasteiger partial charge in [-0.1, -0.05) is 0 Å². The third kappa shape index (κ3) is 2.09. The zero-order valence-corrected chi connectivity index (χ0v) is 9.38. The van der Waals surface area contributed by atoms with Gasteiger partial charge in [0.15, 0.2) is 4.77 Å². The van der Waals surface area contributed by atoms with Crippen LogP contribution in [0.5, 0.6) is 0 Å². The number of rotatable bonds is 4. The Balaban J connectivity index is 2.28. The summed E-state index contributed by atoms with van der Waals surface area (Å²) in [5.41, 5.74) is 5.17. The number of amides is 1. The van der Waals surface area contributed by atoms with E-state index in [9.17, 15) is 4.79 Å². The smallest absolute Gasteiger partial charge is 0.219 e. The van der Waals surface area contributed by atoms with Crippen LogP contribution in [0.25, 0.3) is 0 Å². The monoisotopic (exact) mass is 226 g/mol. The molecular weight excluding hydrogens is 212 g/mol. The summed E-state index contributed by atoms with van der Waals surface area (Å²) < 4.78 is 2.49. The van der Waals surface area contributed by atoms with Crippen LogP contribution in [-0.4, -0.2) is 20.7 Å². The second-order valence-electron chi connectivity index (χ2n) is 4.05. The van der Waals surface area contributed by atoms with Crippen LogP contribution >= 0.6 is 12.2 Å². The number of nitrogens with two attached hydrogens (primary N) is 1. The second-order valence-corrected chi connectivity index (χ2v) is 4.44. The van der Waals surface area contributed by atoms with Crippen LogP contribution < -0.4 is 5.73 Å². The molecule has 0 bridgehead atoms. The molecule has 0 aromatic carbocycles. The molecule has 82 valence electrons. The first-order valence-electron chi connectivity index (χ1n) is 5.04. The normalized spacial score (nSPS) is 17.7. The molecule has 1 aromatic rings. The Labute approximate surface area is 92.7 Å². The van der Waals surface area contributed by atoms with Gasteiger partial charge < -0.3 is 10.3 Å². The number of primary amides is 1. The first-order chi connectivity index (χ1) is 7.09. The molecule has 15 heavy (non-hydrogen) atoms. The maximum absolute atomic E-state index is 10.9. The Morgan fingerprint density at radius 3 is 3.00 bits per heavy atom. The number of nitrogens with one attached hydrogen (secondary N) is 1. The molecule has 2 rings (SSSR count). The highest BCUT2D eigenvalue weighted by Gasteiger charge is 2.30. The minimum atomic E-state index is -0.313. The van der Waals surface area contributed by atoms with E-state index in [2.05, 4.69) is 10.2 Å². The number of carbonyl (C=O) groups is 1. The fourth-order valence-electron chi connectivity index (χ4n) is 1.75. The van der Waals surface area contributed by atoms with Gasteiger partial charge in [0.25, 0.3) is 0 Å². The lowest BCUT2D eigenvalue weighted by Crippen LogP contribution is -2.18. The first-order valence-corrected chi connectivity index (χ1v) is 5.45. The average Bonchev–Trinajstić information content (AvgIpc) is 2.89. The van der Waals surface area contributed by atoms with Crippen LogP contribution in [0.1, 0.15) is 44.0 Å². The molecule has 1 unspecified atom stereocenters. The number of aromatic amines is 1. The van der Waals surface area contributed by atoms with Crippen LogP contribution in [0.15, 0.2) is 0 Å². The highest BCUT2D eigenvalue weighted by Crippen LogP contribution is 2.39. The number of carbonyl (C=O) groups excluding carboxylic acids is 1. The van der Waals surface area contributed by atoms with Gasteiger partial charge in [0.2, 0.25) is 5.91 Å².